The first-order chi connectivity index (χ1) is 12.8. The van der Waals surface area contributed by atoms with Crippen LogP contribution in [-0.4, -0.2) is 23.8 Å². The normalized spacial score (nSPS) is 16.0. The summed E-state index contributed by atoms with van der Waals surface area (Å²) in [6, 6.07) is 6.79. The molecule has 1 atom stereocenters. The van der Waals surface area contributed by atoms with Crippen LogP contribution in [0, 0.1) is 17.5 Å². The fourth-order valence-corrected chi connectivity index (χ4v) is 2.64. The van der Waals surface area contributed by atoms with E-state index in [1.807, 2.05) is 0 Å². The van der Waals surface area contributed by atoms with Crippen molar-refractivity contribution in [1.82, 2.24) is 5.32 Å². The van der Waals surface area contributed by atoms with E-state index >= 15 is 0 Å². The standard InChI is InChI=1S/C18H14F3N3O3/c19-11-7-9(8-12(20)16(11)21)22-15(25)6-5-14-18(27)23-13-4-2-1-3-10(13)17(26)24-14/h1-4,7-8,14H,5-6H2,(H,22,25)(H,23,27)(H,24,26)/t14-/m0/s1. The van der Waals surface area contributed by atoms with Crippen LogP contribution in [0.15, 0.2) is 36.4 Å². The molecule has 3 rings (SSSR count). The smallest absolute Gasteiger partial charge is 0.254 e. The SMILES string of the molecule is O=C(CC[C@@H]1NC(=O)c2ccccc2NC1=O)Nc1cc(F)c(F)c(F)c1. The Morgan fingerprint density at radius 2 is 1.74 bits per heavy atom. The average molecular weight is 377 g/mol. The highest BCUT2D eigenvalue weighted by molar-refractivity contribution is 6.09. The van der Waals surface area contributed by atoms with Crippen LogP contribution in [0.2, 0.25) is 0 Å². The molecule has 2 aromatic rings. The van der Waals surface area contributed by atoms with Crippen LogP contribution in [0.1, 0.15) is 23.2 Å². The number of halogens is 3. The number of para-hydroxylation sites is 1. The van der Waals surface area contributed by atoms with E-state index in [0.29, 0.717) is 23.4 Å². The Balaban J connectivity index is 1.62. The fraction of sp³-hybridized carbons (Fsp3) is 0.167. The Labute approximate surface area is 151 Å². The van der Waals surface area contributed by atoms with Gasteiger partial charge in [-0.1, -0.05) is 12.1 Å². The van der Waals surface area contributed by atoms with E-state index in [1.165, 1.54) is 0 Å². The highest BCUT2D eigenvalue weighted by Gasteiger charge is 2.27. The highest BCUT2D eigenvalue weighted by atomic mass is 19.2. The Morgan fingerprint density at radius 1 is 1.07 bits per heavy atom. The summed E-state index contributed by atoms with van der Waals surface area (Å²) in [4.78, 5) is 36.4. The number of fused-ring (bicyclic) bond motifs is 1. The summed E-state index contributed by atoms with van der Waals surface area (Å²) in [6.45, 7) is 0. The van der Waals surface area contributed by atoms with Gasteiger partial charge in [0.25, 0.3) is 5.91 Å². The highest BCUT2D eigenvalue weighted by Crippen LogP contribution is 2.20. The monoisotopic (exact) mass is 377 g/mol. The second-order valence-electron chi connectivity index (χ2n) is 5.90. The van der Waals surface area contributed by atoms with Crippen molar-refractivity contribution in [1.29, 1.82) is 0 Å². The molecule has 0 unspecified atom stereocenters. The summed E-state index contributed by atoms with van der Waals surface area (Å²) in [5.41, 5.74) is 0.414. The second-order valence-corrected chi connectivity index (χ2v) is 5.90. The minimum absolute atomic E-state index is 0.0381. The summed E-state index contributed by atoms with van der Waals surface area (Å²) < 4.78 is 39.3. The predicted octanol–water partition coefficient (Wildman–Crippen LogP) is 2.57. The number of anilines is 2. The molecule has 0 saturated heterocycles. The lowest BCUT2D eigenvalue weighted by Gasteiger charge is -2.14. The maximum absolute atomic E-state index is 13.2. The number of carbonyl (C=O) groups excluding carboxylic acids is 3. The molecule has 9 heteroatoms. The minimum Gasteiger partial charge on any atom is -0.340 e. The molecule has 0 fully saturated rings. The summed E-state index contributed by atoms with van der Waals surface area (Å²) in [6.07, 6.45) is -0.251. The second kappa shape index (κ2) is 7.48. The van der Waals surface area contributed by atoms with Crippen LogP contribution in [0.3, 0.4) is 0 Å². The summed E-state index contributed by atoms with van der Waals surface area (Å²) in [5.74, 6) is -6.09. The minimum atomic E-state index is -1.63. The number of hydrogen-bond donors (Lipinski definition) is 3. The molecule has 2 aromatic carbocycles. The number of nitrogens with one attached hydrogen (secondary N) is 3. The van der Waals surface area contributed by atoms with Gasteiger partial charge >= 0.3 is 0 Å². The molecule has 0 saturated carbocycles. The largest absolute Gasteiger partial charge is 0.340 e. The lowest BCUT2D eigenvalue weighted by molar-refractivity contribution is -0.118. The first-order valence-electron chi connectivity index (χ1n) is 8.00. The van der Waals surface area contributed by atoms with Gasteiger partial charge in [0.1, 0.15) is 6.04 Å². The molecule has 1 heterocycles. The Bertz CT molecular complexity index is 910. The first-order valence-corrected chi connectivity index (χ1v) is 8.00. The Morgan fingerprint density at radius 3 is 2.44 bits per heavy atom. The van der Waals surface area contributed by atoms with Gasteiger partial charge in [0.05, 0.1) is 11.3 Å². The number of hydrogen-bond acceptors (Lipinski definition) is 3. The van der Waals surface area contributed by atoms with Gasteiger partial charge in [-0.05, 0) is 18.6 Å². The predicted molar refractivity (Wildman–Crippen MR) is 90.5 cm³/mol. The quantitative estimate of drug-likeness (QED) is 0.716. The zero-order chi connectivity index (χ0) is 19.6. The number of rotatable bonds is 4. The molecule has 0 radical (unpaired) electrons. The maximum Gasteiger partial charge on any atom is 0.254 e. The number of amides is 3. The van der Waals surface area contributed by atoms with Crippen molar-refractivity contribution in [2.75, 3.05) is 10.6 Å². The molecule has 6 nitrogen and oxygen atoms in total. The fourth-order valence-electron chi connectivity index (χ4n) is 2.64. The topological polar surface area (TPSA) is 87.3 Å². The van der Waals surface area contributed by atoms with Gasteiger partial charge in [-0.3, -0.25) is 14.4 Å². The molecule has 3 amide bonds. The molecule has 0 aromatic heterocycles. The summed E-state index contributed by atoms with van der Waals surface area (Å²) in [7, 11) is 0. The zero-order valence-corrected chi connectivity index (χ0v) is 13.8. The lowest BCUT2D eigenvalue weighted by Crippen LogP contribution is -2.41. The van der Waals surface area contributed by atoms with Crippen LogP contribution in [-0.2, 0) is 9.59 Å². The van der Waals surface area contributed by atoms with Crippen LogP contribution < -0.4 is 16.0 Å². The Kier molecular flexibility index (Phi) is 5.11. The Hall–Kier alpha value is -3.36. The van der Waals surface area contributed by atoms with Crippen LogP contribution >= 0.6 is 0 Å². The van der Waals surface area contributed by atoms with Crippen molar-refractivity contribution in [2.24, 2.45) is 0 Å². The van der Waals surface area contributed by atoms with Gasteiger partial charge in [0.15, 0.2) is 17.5 Å². The number of benzene rings is 2. The van der Waals surface area contributed by atoms with Gasteiger partial charge < -0.3 is 16.0 Å². The van der Waals surface area contributed by atoms with E-state index in [-0.39, 0.29) is 18.5 Å². The van der Waals surface area contributed by atoms with Crippen molar-refractivity contribution in [3.63, 3.8) is 0 Å². The van der Waals surface area contributed by atoms with Gasteiger partial charge in [0, 0.05) is 24.2 Å². The van der Waals surface area contributed by atoms with Gasteiger partial charge in [-0.15, -0.1) is 0 Å². The van der Waals surface area contributed by atoms with Crippen LogP contribution in [0.25, 0.3) is 0 Å². The summed E-state index contributed by atoms with van der Waals surface area (Å²) in [5, 5.41) is 7.35. The zero-order valence-electron chi connectivity index (χ0n) is 13.8. The molecule has 1 aliphatic heterocycles. The van der Waals surface area contributed by atoms with E-state index in [2.05, 4.69) is 16.0 Å². The van der Waals surface area contributed by atoms with Crippen molar-refractivity contribution >= 4 is 29.1 Å². The van der Waals surface area contributed by atoms with Crippen molar-refractivity contribution in [3.05, 3.63) is 59.4 Å². The lowest BCUT2D eigenvalue weighted by atomic mass is 10.1. The van der Waals surface area contributed by atoms with Crippen molar-refractivity contribution < 1.29 is 27.6 Å². The molecule has 1 aliphatic rings. The average Bonchev–Trinajstić information content (AvgIpc) is 2.74. The third kappa shape index (κ3) is 4.08. The molecule has 140 valence electrons. The van der Waals surface area contributed by atoms with Crippen LogP contribution in [0.5, 0.6) is 0 Å². The van der Waals surface area contributed by atoms with E-state index in [4.69, 9.17) is 0 Å². The van der Waals surface area contributed by atoms with Crippen LogP contribution in [0.4, 0.5) is 24.5 Å². The van der Waals surface area contributed by atoms with E-state index in [9.17, 15) is 27.6 Å². The molecule has 27 heavy (non-hydrogen) atoms. The van der Waals surface area contributed by atoms with E-state index < -0.39 is 41.2 Å². The van der Waals surface area contributed by atoms with Crippen molar-refractivity contribution in [3.8, 4) is 0 Å². The van der Waals surface area contributed by atoms with Crippen molar-refractivity contribution in [2.45, 2.75) is 18.9 Å². The molecular formula is C18H14F3N3O3. The molecule has 0 spiro atoms. The maximum atomic E-state index is 13.2. The molecule has 0 bridgehead atoms. The first kappa shape index (κ1) is 18.4. The van der Waals surface area contributed by atoms with Gasteiger partial charge in [-0.25, -0.2) is 13.2 Å². The third-order valence-electron chi connectivity index (χ3n) is 3.98. The molecule has 0 aliphatic carbocycles. The van der Waals surface area contributed by atoms with Gasteiger partial charge in [-0.2, -0.15) is 0 Å². The number of carbonyl (C=O) groups is 3. The van der Waals surface area contributed by atoms with Gasteiger partial charge in [0.2, 0.25) is 11.8 Å². The molecule has 3 N–H and O–H groups in total. The van der Waals surface area contributed by atoms with E-state index in [0.717, 1.165) is 0 Å². The third-order valence-corrected chi connectivity index (χ3v) is 3.98. The van der Waals surface area contributed by atoms with E-state index in [1.54, 1.807) is 24.3 Å². The summed E-state index contributed by atoms with van der Waals surface area (Å²) >= 11 is 0. The molecular weight excluding hydrogens is 363 g/mol.